The number of hydrogen-bond acceptors (Lipinski definition) is 6. The first-order valence-corrected chi connectivity index (χ1v) is 11.0. The molecule has 1 aliphatic heterocycles. The summed E-state index contributed by atoms with van der Waals surface area (Å²) in [4.78, 5) is 24.2. The molecule has 1 amide bonds. The highest BCUT2D eigenvalue weighted by Crippen LogP contribution is 2.35. The van der Waals surface area contributed by atoms with Gasteiger partial charge >= 0.3 is 0 Å². The summed E-state index contributed by atoms with van der Waals surface area (Å²) in [5, 5.41) is 13.3. The van der Waals surface area contributed by atoms with Crippen LogP contribution in [0.5, 0.6) is 0 Å². The minimum Gasteiger partial charge on any atom is -0.348 e. The number of rotatable bonds is 6. The van der Waals surface area contributed by atoms with E-state index >= 15 is 0 Å². The molecular formula is C23H24N8O. The monoisotopic (exact) mass is 428 g/mol. The molecule has 1 unspecified atom stereocenters. The SMILES string of the molecule is O=C(NC1CC1)c1cc(Nc2nc(N3CCCC3c3ccccc3)nc3cccn23)n[nH]1. The lowest BCUT2D eigenvalue weighted by molar-refractivity contribution is 0.0946. The Labute approximate surface area is 184 Å². The number of nitrogens with one attached hydrogen (secondary N) is 3. The average Bonchev–Trinajstić information content (AvgIpc) is 3.23. The zero-order valence-electron chi connectivity index (χ0n) is 17.5. The smallest absolute Gasteiger partial charge is 0.269 e. The van der Waals surface area contributed by atoms with Gasteiger partial charge in [-0.1, -0.05) is 30.3 Å². The number of nitrogens with zero attached hydrogens (tertiary/aromatic N) is 5. The molecule has 9 nitrogen and oxygen atoms in total. The Morgan fingerprint density at radius 3 is 2.78 bits per heavy atom. The number of benzene rings is 1. The maximum absolute atomic E-state index is 12.3. The molecule has 0 radical (unpaired) electrons. The minimum atomic E-state index is -0.134. The molecule has 0 spiro atoms. The van der Waals surface area contributed by atoms with E-state index in [1.54, 1.807) is 6.07 Å². The normalized spacial score (nSPS) is 18.2. The van der Waals surface area contributed by atoms with Gasteiger partial charge in [0.2, 0.25) is 11.9 Å². The molecule has 3 aromatic heterocycles. The lowest BCUT2D eigenvalue weighted by Crippen LogP contribution is -2.25. The van der Waals surface area contributed by atoms with E-state index in [4.69, 9.17) is 9.97 Å². The van der Waals surface area contributed by atoms with E-state index in [9.17, 15) is 4.79 Å². The van der Waals surface area contributed by atoms with Crippen LogP contribution in [0.3, 0.4) is 0 Å². The highest BCUT2D eigenvalue weighted by Gasteiger charge is 2.29. The first-order valence-electron chi connectivity index (χ1n) is 11.0. The second-order valence-electron chi connectivity index (χ2n) is 8.39. The molecule has 6 rings (SSSR count). The van der Waals surface area contributed by atoms with E-state index in [0.29, 0.717) is 29.5 Å². The zero-order chi connectivity index (χ0) is 21.5. The Morgan fingerprint density at radius 2 is 1.94 bits per heavy atom. The van der Waals surface area contributed by atoms with Crippen LogP contribution >= 0.6 is 0 Å². The number of carbonyl (C=O) groups is 1. The molecule has 3 N–H and O–H groups in total. The zero-order valence-corrected chi connectivity index (χ0v) is 17.5. The van der Waals surface area contributed by atoms with Gasteiger partial charge in [-0.3, -0.25) is 14.3 Å². The summed E-state index contributed by atoms with van der Waals surface area (Å²) < 4.78 is 1.88. The third kappa shape index (κ3) is 3.55. The van der Waals surface area contributed by atoms with Crippen molar-refractivity contribution in [2.75, 3.05) is 16.8 Å². The largest absolute Gasteiger partial charge is 0.348 e. The summed E-state index contributed by atoms with van der Waals surface area (Å²) in [6, 6.07) is 16.7. The lowest BCUT2D eigenvalue weighted by atomic mass is 10.1. The molecule has 1 saturated carbocycles. The summed E-state index contributed by atoms with van der Waals surface area (Å²) in [5.41, 5.74) is 2.51. The van der Waals surface area contributed by atoms with Gasteiger partial charge in [-0.15, -0.1) is 0 Å². The number of anilines is 3. The summed E-state index contributed by atoms with van der Waals surface area (Å²) in [6.07, 6.45) is 6.16. The minimum absolute atomic E-state index is 0.134. The maximum Gasteiger partial charge on any atom is 0.269 e. The predicted octanol–water partition coefficient (Wildman–Crippen LogP) is 3.43. The van der Waals surface area contributed by atoms with E-state index in [1.165, 1.54) is 5.56 Å². The molecule has 1 aliphatic carbocycles. The van der Waals surface area contributed by atoms with Gasteiger partial charge < -0.3 is 15.5 Å². The molecule has 1 aromatic carbocycles. The molecule has 2 aliphatic rings. The molecule has 4 aromatic rings. The van der Waals surface area contributed by atoms with Crippen LogP contribution in [0.4, 0.5) is 17.7 Å². The summed E-state index contributed by atoms with van der Waals surface area (Å²) in [6.45, 7) is 0.907. The number of hydrogen-bond donors (Lipinski definition) is 3. The van der Waals surface area contributed by atoms with Crippen LogP contribution in [0.25, 0.3) is 5.65 Å². The maximum atomic E-state index is 12.3. The number of fused-ring (bicyclic) bond motifs is 1. The number of aromatic amines is 1. The highest BCUT2D eigenvalue weighted by molar-refractivity contribution is 5.93. The average molecular weight is 428 g/mol. The van der Waals surface area contributed by atoms with Crippen LogP contribution in [-0.4, -0.2) is 43.1 Å². The first-order chi connectivity index (χ1) is 15.7. The van der Waals surface area contributed by atoms with Gasteiger partial charge in [0.05, 0.1) is 6.04 Å². The van der Waals surface area contributed by atoms with Crippen LogP contribution in [0.1, 0.15) is 47.8 Å². The van der Waals surface area contributed by atoms with E-state index < -0.39 is 0 Å². The fraction of sp³-hybridized carbons (Fsp3) is 0.304. The molecule has 9 heteroatoms. The van der Waals surface area contributed by atoms with Crippen molar-refractivity contribution in [2.45, 2.75) is 37.8 Å². The van der Waals surface area contributed by atoms with Crippen molar-refractivity contribution >= 4 is 29.3 Å². The van der Waals surface area contributed by atoms with Crippen molar-refractivity contribution in [3.8, 4) is 0 Å². The molecule has 32 heavy (non-hydrogen) atoms. The van der Waals surface area contributed by atoms with Crippen molar-refractivity contribution in [1.82, 2.24) is 29.9 Å². The van der Waals surface area contributed by atoms with Crippen molar-refractivity contribution in [2.24, 2.45) is 0 Å². The van der Waals surface area contributed by atoms with E-state index in [-0.39, 0.29) is 11.9 Å². The van der Waals surface area contributed by atoms with Gasteiger partial charge in [0.1, 0.15) is 11.3 Å². The van der Waals surface area contributed by atoms with Gasteiger partial charge in [-0.05, 0) is 43.4 Å². The van der Waals surface area contributed by atoms with Crippen LogP contribution in [-0.2, 0) is 0 Å². The lowest BCUT2D eigenvalue weighted by Gasteiger charge is -2.25. The predicted molar refractivity (Wildman–Crippen MR) is 121 cm³/mol. The fourth-order valence-corrected chi connectivity index (χ4v) is 4.27. The Bertz CT molecular complexity index is 1260. The Morgan fingerprint density at radius 1 is 1.06 bits per heavy atom. The van der Waals surface area contributed by atoms with Crippen molar-refractivity contribution < 1.29 is 4.79 Å². The van der Waals surface area contributed by atoms with Gasteiger partial charge in [0.25, 0.3) is 5.91 Å². The van der Waals surface area contributed by atoms with Crippen LogP contribution in [0.2, 0.25) is 0 Å². The van der Waals surface area contributed by atoms with Crippen LogP contribution in [0, 0.1) is 0 Å². The molecule has 4 heterocycles. The Kier molecular flexibility index (Phi) is 4.52. The fourth-order valence-electron chi connectivity index (χ4n) is 4.27. The van der Waals surface area contributed by atoms with Crippen LogP contribution < -0.4 is 15.5 Å². The number of amides is 1. The van der Waals surface area contributed by atoms with Crippen molar-refractivity contribution in [1.29, 1.82) is 0 Å². The van der Waals surface area contributed by atoms with E-state index in [0.717, 1.165) is 37.9 Å². The molecule has 0 bridgehead atoms. The van der Waals surface area contributed by atoms with Gasteiger partial charge in [0, 0.05) is 24.8 Å². The van der Waals surface area contributed by atoms with Crippen LogP contribution in [0.15, 0.2) is 54.7 Å². The van der Waals surface area contributed by atoms with Crippen molar-refractivity contribution in [3.63, 3.8) is 0 Å². The number of H-pyrrole nitrogens is 1. The Hall–Kier alpha value is -3.88. The molecular weight excluding hydrogens is 404 g/mol. The Balaban J connectivity index is 1.30. The molecule has 1 atom stereocenters. The first kappa shape index (κ1) is 18.9. The topological polar surface area (TPSA) is 103 Å². The van der Waals surface area contributed by atoms with Gasteiger partial charge in [0.15, 0.2) is 5.82 Å². The summed E-state index contributed by atoms with van der Waals surface area (Å²) in [7, 11) is 0. The second kappa shape index (κ2) is 7.67. The molecule has 1 saturated heterocycles. The van der Waals surface area contributed by atoms with E-state index in [1.807, 2.05) is 28.8 Å². The van der Waals surface area contributed by atoms with Gasteiger partial charge in [-0.2, -0.15) is 15.1 Å². The molecule has 2 fully saturated rings. The highest BCUT2D eigenvalue weighted by atomic mass is 16.2. The quantitative estimate of drug-likeness (QED) is 0.435. The molecule has 162 valence electrons. The third-order valence-corrected chi connectivity index (χ3v) is 6.04. The van der Waals surface area contributed by atoms with Crippen molar-refractivity contribution in [3.05, 3.63) is 66.0 Å². The summed E-state index contributed by atoms with van der Waals surface area (Å²) >= 11 is 0. The number of aromatic nitrogens is 5. The number of carbonyl (C=O) groups excluding carboxylic acids is 1. The van der Waals surface area contributed by atoms with Gasteiger partial charge in [-0.25, -0.2) is 0 Å². The standard InChI is InChI=1S/C23H24N8O/c32-21(24-16-10-11-16)17-14-19(29-28-17)25-22-27-23(26-20-9-5-13-31(20)22)30-12-4-8-18(30)15-6-2-1-3-7-15/h1-3,5-7,9,13-14,16,18H,4,8,10-12H2,(H,24,32)(H2,25,26,27,28,29). The summed E-state index contributed by atoms with van der Waals surface area (Å²) in [5.74, 6) is 1.69. The third-order valence-electron chi connectivity index (χ3n) is 6.04. The second-order valence-corrected chi connectivity index (χ2v) is 8.39. The van der Waals surface area contributed by atoms with E-state index in [2.05, 4.69) is 50.0 Å².